The quantitative estimate of drug-likeness (QED) is 0.659. The SMILES string of the molecule is C1=CC23OCN4CC[C@@]2(CC1)c1ccccc1CC43. The molecule has 0 amide bonds. The molecule has 4 aliphatic rings. The van der Waals surface area contributed by atoms with Gasteiger partial charge in [0.1, 0.15) is 12.3 Å². The minimum Gasteiger partial charge on any atom is -0.353 e. The van der Waals surface area contributed by atoms with E-state index in [2.05, 4.69) is 41.3 Å². The van der Waals surface area contributed by atoms with Crippen molar-refractivity contribution in [3.8, 4) is 0 Å². The van der Waals surface area contributed by atoms with Gasteiger partial charge in [0, 0.05) is 18.0 Å². The molecule has 2 heterocycles. The Kier molecular flexibility index (Phi) is 1.85. The average Bonchev–Trinajstić information content (AvgIpc) is 2.69. The highest BCUT2D eigenvalue weighted by Gasteiger charge is 2.66. The van der Waals surface area contributed by atoms with Crippen LogP contribution < -0.4 is 0 Å². The van der Waals surface area contributed by atoms with Gasteiger partial charge in [-0.3, -0.25) is 4.90 Å². The van der Waals surface area contributed by atoms with E-state index in [-0.39, 0.29) is 11.0 Å². The second-order valence-electron chi connectivity index (χ2n) is 6.53. The van der Waals surface area contributed by atoms with Crippen LogP contribution in [0.5, 0.6) is 0 Å². The van der Waals surface area contributed by atoms with Crippen LogP contribution in [0, 0.1) is 0 Å². The van der Waals surface area contributed by atoms with E-state index in [0.717, 1.165) is 13.2 Å². The zero-order valence-corrected chi connectivity index (χ0v) is 11.1. The fourth-order valence-electron chi connectivity index (χ4n) is 5.22. The van der Waals surface area contributed by atoms with Crippen molar-refractivity contribution in [2.45, 2.75) is 42.7 Å². The zero-order chi connectivity index (χ0) is 12.5. The summed E-state index contributed by atoms with van der Waals surface area (Å²) in [6, 6.07) is 9.67. The predicted octanol–water partition coefficient (Wildman–Crippen LogP) is 2.63. The molecule has 2 aliphatic heterocycles. The fourth-order valence-corrected chi connectivity index (χ4v) is 5.22. The van der Waals surface area contributed by atoms with Gasteiger partial charge >= 0.3 is 0 Å². The largest absolute Gasteiger partial charge is 0.353 e. The van der Waals surface area contributed by atoms with Crippen LogP contribution in [0.4, 0.5) is 0 Å². The molecule has 4 atom stereocenters. The Balaban J connectivity index is 1.84. The van der Waals surface area contributed by atoms with Gasteiger partial charge in [-0.05, 0) is 36.8 Å². The molecule has 0 saturated carbocycles. The molecule has 2 aliphatic carbocycles. The molecule has 1 aromatic rings. The standard InChI is InChI=1S/C17H19NO/c1-2-6-14-13(5-1)11-15-17-8-4-3-7-16(14,17)9-10-18(15)12-19-17/h1-2,4-6,8,15H,3,7,9-12H2/t15?,16-,17?/m0/s1. The van der Waals surface area contributed by atoms with Crippen LogP contribution in [0.2, 0.25) is 0 Å². The summed E-state index contributed by atoms with van der Waals surface area (Å²) in [5.41, 5.74) is 3.36. The van der Waals surface area contributed by atoms with E-state index >= 15 is 0 Å². The van der Waals surface area contributed by atoms with Crippen molar-refractivity contribution < 1.29 is 4.74 Å². The first-order valence-corrected chi connectivity index (χ1v) is 7.50. The van der Waals surface area contributed by atoms with Gasteiger partial charge in [-0.15, -0.1) is 0 Å². The monoisotopic (exact) mass is 253 g/mol. The molecule has 5 rings (SSSR count). The first kappa shape index (κ1) is 10.6. The summed E-state index contributed by atoms with van der Waals surface area (Å²) in [7, 11) is 0. The number of ether oxygens (including phenoxy) is 1. The summed E-state index contributed by atoms with van der Waals surface area (Å²) in [5.74, 6) is 0. The van der Waals surface area contributed by atoms with Crippen molar-refractivity contribution in [2.75, 3.05) is 13.3 Å². The normalized spacial score (nSPS) is 45.7. The Bertz CT molecular complexity index is 580. The van der Waals surface area contributed by atoms with E-state index in [1.807, 2.05) is 0 Å². The Morgan fingerprint density at radius 1 is 1.21 bits per heavy atom. The topological polar surface area (TPSA) is 12.5 Å². The predicted molar refractivity (Wildman–Crippen MR) is 74.0 cm³/mol. The van der Waals surface area contributed by atoms with Crippen molar-refractivity contribution in [1.82, 2.24) is 4.90 Å². The number of rotatable bonds is 0. The summed E-state index contributed by atoms with van der Waals surface area (Å²) in [6.07, 6.45) is 9.63. The lowest BCUT2D eigenvalue weighted by atomic mass is 9.52. The third-order valence-corrected chi connectivity index (χ3v) is 6.03. The van der Waals surface area contributed by atoms with Crippen LogP contribution in [0.3, 0.4) is 0 Å². The van der Waals surface area contributed by atoms with Crippen LogP contribution in [-0.4, -0.2) is 29.8 Å². The molecule has 2 nitrogen and oxygen atoms in total. The Morgan fingerprint density at radius 2 is 2.16 bits per heavy atom. The van der Waals surface area contributed by atoms with Gasteiger partial charge in [-0.25, -0.2) is 0 Å². The third-order valence-electron chi connectivity index (χ3n) is 6.03. The number of benzene rings is 1. The van der Waals surface area contributed by atoms with Crippen LogP contribution in [-0.2, 0) is 16.6 Å². The molecule has 1 spiro atoms. The second kappa shape index (κ2) is 3.31. The molecule has 0 radical (unpaired) electrons. The van der Waals surface area contributed by atoms with Crippen molar-refractivity contribution in [3.05, 3.63) is 47.5 Å². The molecule has 4 bridgehead atoms. The smallest absolute Gasteiger partial charge is 0.113 e. The molecular weight excluding hydrogens is 234 g/mol. The van der Waals surface area contributed by atoms with Crippen LogP contribution in [0.1, 0.15) is 30.4 Å². The molecule has 2 heteroatoms. The van der Waals surface area contributed by atoms with Crippen LogP contribution in [0.25, 0.3) is 0 Å². The second-order valence-corrected chi connectivity index (χ2v) is 6.53. The van der Waals surface area contributed by atoms with E-state index in [1.54, 1.807) is 11.1 Å². The summed E-state index contributed by atoms with van der Waals surface area (Å²) >= 11 is 0. The minimum atomic E-state index is -0.0299. The number of fused-ring (bicyclic) bond motifs is 1. The van der Waals surface area contributed by atoms with Crippen LogP contribution in [0.15, 0.2) is 36.4 Å². The van der Waals surface area contributed by atoms with E-state index in [1.165, 1.54) is 25.8 Å². The van der Waals surface area contributed by atoms with Gasteiger partial charge < -0.3 is 4.74 Å². The molecule has 3 unspecified atom stereocenters. The number of piperidine rings is 1. The number of nitrogens with zero attached hydrogens (tertiary/aromatic N) is 1. The van der Waals surface area contributed by atoms with Gasteiger partial charge in [0.15, 0.2) is 0 Å². The minimum absolute atomic E-state index is 0.0299. The van der Waals surface area contributed by atoms with Gasteiger partial charge in [0.25, 0.3) is 0 Å². The van der Waals surface area contributed by atoms with Crippen molar-refractivity contribution in [3.63, 3.8) is 0 Å². The molecule has 98 valence electrons. The van der Waals surface area contributed by atoms with Gasteiger partial charge in [0.2, 0.25) is 0 Å². The Labute approximate surface area is 114 Å². The van der Waals surface area contributed by atoms with Gasteiger partial charge in [-0.2, -0.15) is 0 Å². The van der Waals surface area contributed by atoms with Crippen molar-refractivity contribution in [2.24, 2.45) is 0 Å². The number of hydrogen-bond acceptors (Lipinski definition) is 2. The molecule has 2 fully saturated rings. The lowest BCUT2D eigenvalue weighted by molar-refractivity contribution is -0.0524. The van der Waals surface area contributed by atoms with Gasteiger partial charge in [0.05, 0.1) is 0 Å². The van der Waals surface area contributed by atoms with Crippen molar-refractivity contribution in [1.29, 1.82) is 0 Å². The van der Waals surface area contributed by atoms with E-state index in [9.17, 15) is 0 Å². The zero-order valence-electron chi connectivity index (χ0n) is 11.1. The molecule has 2 saturated heterocycles. The van der Waals surface area contributed by atoms with E-state index in [4.69, 9.17) is 4.74 Å². The highest BCUT2D eigenvalue weighted by molar-refractivity contribution is 5.48. The maximum atomic E-state index is 6.42. The van der Waals surface area contributed by atoms with Crippen molar-refractivity contribution >= 4 is 0 Å². The number of allylic oxidation sites excluding steroid dienone is 1. The summed E-state index contributed by atoms with van der Waals surface area (Å²) in [4.78, 5) is 2.56. The summed E-state index contributed by atoms with van der Waals surface area (Å²) in [5, 5.41) is 0. The maximum Gasteiger partial charge on any atom is 0.113 e. The Hall–Kier alpha value is -1.12. The van der Waals surface area contributed by atoms with E-state index < -0.39 is 0 Å². The highest BCUT2D eigenvalue weighted by Crippen LogP contribution is 2.60. The Morgan fingerprint density at radius 3 is 3.16 bits per heavy atom. The first-order valence-electron chi connectivity index (χ1n) is 7.50. The van der Waals surface area contributed by atoms with Gasteiger partial charge in [-0.1, -0.05) is 36.4 Å². The average molecular weight is 253 g/mol. The maximum absolute atomic E-state index is 6.42. The lowest BCUT2D eigenvalue weighted by Gasteiger charge is -2.58. The summed E-state index contributed by atoms with van der Waals surface area (Å²) < 4.78 is 6.42. The van der Waals surface area contributed by atoms with E-state index in [0.29, 0.717) is 6.04 Å². The first-order chi connectivity index (χ1) is 9.36. The fraction of sp³-hybridized carbons (Fsp3) is 0.529. The summed E-state index contributed by atoms with van der Waals surface area (Å²) in [6.45, 7) is 2.03. The molecule has 19 heavy (non-hydrogen) atoms. The molecule has 0 aromatic heterocycles. The van der Waals surface area contributed by atoms with Crippen LogP contribution >= 0.6 is 0 Å². The number of hydrogen-bond donors (Lipinski definition) is 0. The molecular formula is C17H19NO. The third kappa shape index (κ3) is 1.04. The molecule has 0 N–H and O–H groups in total. The molecule has 1 aromatic carbocycles. The lowest BCUT2D eigenvalue weighted by Crippen LogP contribution is -2.66. The highest BCUT2D eigenvalue weighted by atomic mass is 16.5.